The average molecular weight is 366 g/mol. The first-order valence-corrected chi connectivity index (χ1v) is 5.36. The molecule has 0 aromatic carbocycles. The van der Waals surface area contributed by atoms with Crippen LogP contribution in [0.4, 0.5) is 0 Å². The molecule has 0 aliphatic rings. The molecular weight excluding hydrogens is 346 g/mol. The van der Waals surface area contributed by atoms with Crippen LogP contribution in [-0.2, 0) is 36.2 Å². The number of aliphatic carboxylic acids is 4. The van der Waals surface area contributed by atoms with Crippen LogP contribution >= 0.6 is 0 Å². The molecule has 0 saturated heterocycles. The van der Waals surface area contributed by atoms with Crippen LogP contribution in [0.5, 0.6) is 0 Å². The van der Waals surface area contributed by atoms with Crippen molar-refractivity contribution in [1.29, 1.82) is 0 Å². The number of quaternary nitrogens is 1. The maximum Gasteiger partial charge on any atom is 3.00 e. The molecule has 0 rings (SSSR count). The zero-order valence-electron chi connectivity index (χ0n) is 12.0. The van der Waals surface area contributed by atoms with E-state index in [1.54, 1.807) is 0 Å². The number of nitrogens with two attached hydrogens (primary N) is 2. The van der Waals surface area contributed by atoms with Gasteiger partial charge in [-0.15, -0.1) is 0 Å². The summed E-state index contributed by atoms with van der Waals surface area (Å²) in [6, 6.07) is 0. The van der Waals surface area contributed by atoms with Gasteiger partial charge in [0.1, 0.15) is 0 Å². The monoisotopic (exact) mass is 366 g/mol. The van der Waals surface area contributed by atoms with Crippen molar-refractivity contribution in [3.63, 3.8) is 0 Å². The zero-order valence-corrected chi connectivity index (χ0v) is 13.1. The molecule has 0 heterocycles. The summed E-state index contributed by atoms with van der Waals surface area (Å²) in [6.45, 7) is 1.19. The summed E-state index contributed by atoms with van der Waals surface area (Å²) in [5.74, 6) is -5.47. The maximum atomic E-state index is 9.50. The van der Waals surface area contributed by atoms with Gasteiger partial charge in [-0.25, -0.2) is 0 Å². The fraction of sp³-hybridized carbons (Fsp3) is 0.600. The van der Waals surface area contributed by atoms with Crippen LogP contribution in [0.15, 0.2) is 0 Å². The number of carboxylic acid groups (broad SMARTS) is 4. The fourth-order valence-corrected chi connectivity index (χ4v) is 0.408. The van der Waals surface area contributed by atoms with Crippen molar-refractivity contribution in [2.45, 2.75) is 25.7 Å². The van der Waals surface area contributed by atoms with Gasteiger partial charge in [-0.3, -0.25) is 0 Å². The standard InChI is InChI=1S/2C4H6O4.C2H8N2.Fe.H3N/c2*5-3(6)1-2-4(7)8;3-1-2-4;;/h2*1-2H2,(H,5,6)(H,7,8);1-4H2;;1H3/q;;;+3;/p-3. The Morgan fingerprint density at radius 3 is 0.773 bits per heavy atom. The minimum Gasteiger partial charge on any atom is -0.550 e. The molecule has 11 nitrogen and oxygen atoms in total. The maximum absolute atomic E-state index is 9.50. The second-order valence-corrected chi connectivity index (χ2v) is 3.07. The normalized spacial score (nSPS) is 7.55. The summed E-state index contributed by atoms with van der Waals surface area (Å²) in [5, 5.41) is 38.0. The van der Waals surface area contributed by atoms with Crippen molar-refractivity contribution < 1.29 is 56.7 Å². The molecule has 0 bridgehead atoms. The van der Waals surface area contributed by atoms with Crippen LogP contribution in [0.3, 0.4) is 0 Å². The molecule has 0 atom stereocenters. The van der Waals surface area contributed by atoms with Gasteiger partial charge in [-0.05, 0) is 25.7 Å². The van der Waals surface area contributed by atoms with E-state index in [9.17, 15) is 39.6 Å². The second kappa shape index (κ2) is 24.3. The largest absolute Gasteiger partial charge is 3.00 e. The van der Waals surface area contributed by atoms with Crippen molar-refractivity contribution in [2.24, 2.45) is 11.5 Å². The van der Waals surface area contributed by atoms with Crippen LogP contribution in [0.1, 0.15) is 25.7 Å². The fourth-order valence-electron chi connectivity index (χ4n) is 0.408. The zero-order chi connectivity index (χ0) is 16.6. The van der Waals surface area contributed by atoms with Gasteiger partial charge in [-0.1, -0.05) is 0 Å². The van der Waals surface area contributed by atoms with Crippen LogP contribution in [-0.4, -0.2) is 37.0 Å². The molecule has 0 aromatic rings. The first kappa shape index (κ1) is 32.3. The first-order valence-electron chi connectivity index (χ1n) is 5.36. The number of carbonyl (C=O) groups excluding carboxylic acids is 4. The van der Waals surface area contributed by atoms with Gasteiger partial charge >= 0.3 is 17.1 Å². The van der Waals surface area contributed by atoms with Gasteiger partial charge in [0, 0.05) is 37.0 Å². The molecule has 0 amide bonds. The van der Waals surface area contributed by atoms with Gasteiger partial charge in [0.25, 0.3) is 0 Å². The van der Waals surface area contributed by atoms with Crippen molar-refractivity contribution in [3.8, 4) is 0 Å². The van der Waals surface area contributed by atoms with Crippen LogP contribution in [0.25, 0.3) is 0 Å². The SMILES string of the molecule is NCCN.O=C([O-])CCC(=O)[O-].O=C([O-])CCC(=O)[O-].[Fe+3].[NH4+]. The Morgan fingerprint density at radius 1 is 0.591 bits per heavy atom. The third kappa shape index (κ3) is 63.4. The Bertz CT molecular complexity index is 257. The molecule has 131 valence electrons. The number of carboxylic acids is 4. The minimum atomic E-state index is -1.37. The van der Waals surface area contributed by atoms with E-state index in [-0.39, 0.29) is 23.2 Å². The van der Waals surface area contributed by atoms with Crippen molar-refractivity contribution in [2.75, 3.05) is 13.1 Å². The predicted molar refractivity (Wildman–Crippen MR) is 62.6 cm³/mol. The topological polar surface area (TPSA) is 249 Å². The number of hydrogen-bond acceptors (Lipinski definition) is 10. The molecule has 12 heteroatoms. The predicted octanol–water partition coefficient (Wildman–Crippen LogP) is -6.19. The van der Waals surface area contributed by atoms with Crippen molar-refractivity contribution in [3.05, 3.63) is 0 Å². The van der Waals surface area contributed by atoms with E-state index in [4.69, 9.17) is 11.5 Å². The molecule has 22 heavy (non-hydrogen) atoms. The molecule has 0 saturated carbocycles. The van der Waals surface area contributed by atoms with E-state index in [0.29, 0.717) is 13.1 Å². The van der Waals surface area contributed by atoms with E-state index < -0.39 is 49.6 Å². The van der Waals surface area contributed by atoms with Crippen molar-refractivity contribution in [1.82, 2.24) is 6.15 Å². The molecule has 0 aliphatic heterocycles. The Labute approximate surface area is 137 Å². The first-order chi connectivity index (χ1) is 9.17. The van der Waals surface area contributed by atoms with Gasteiger partial charge in [0.05, 0.1) is 0 Å². The number of rotatable bonds is 7. The van der Waals surface area contributed by atoms with Gasteiger partial charge < -0.3 is 57.2 Å². The molecule has 0 aromatic heterocycles. The quantitative estimate of drug-likeness (QED) is 0.359. The Hall–Kier alpha value is -1.72. The summed E-state index contributed by atoms with van der Waals surface area (Å²) in [5.41, 5.74) is 9.81. The summed E-state index contributed by atoms with van der Waals surface area (Å²) in [6.07, 6.45) is -1.88. The minimum absolute atomic E-state index is 0. The molecule has 8 N–H and O–H groups in total. The molecule has 0 fully saturated rings. The number of carbonyl (C=O) groups is 4. The van der Waals surface area contributed by atoms with E-state index in [1.807, 2.05) is 0 Å². The smallest absolute Gasteiger partial charge is 0.550 e. The summed E-state index contributed by atoms with van der Waals surface area (Å²) in [4.78, 5) is 38.0. The molecule has 1 radical (unpaired) electrons. The third-order valence-corrected chi connectivity index (χ3v) is 1.23. The van der Waals surface area contributed by atoms with E-state index in [0.717, 1.165) is 0 Å². The second-order valence-electron chi connectivity index (χ2n) is 3.07. The summed E-state index contributed by atoms with van der Waals surface area (Å²) < 4.78 is 0. The Kier molecular flexibility index (Phi) is 35.7. The van der Waals surface area contributed by atoms with Gasteiger partial charge in [0.15, 0.2) is 0 Å². The van der Waals surface area contributed by atoms with E-state index >= 15 is 0 Å². The van der Waals surface area contributed by atoms with Gasteiger partial charge in [0.2, 0.25) is 0 Å². The van der Waals surface area contributed by atoms with E-state index in [2.05, 4.69) is 0 Å². The third-order valence-electron chi connectivity index (χ3n) is 1.23. The Balaban J connectivity index is -0.0000000661. The molecular formula is C10H20FeN3O8. The van der Waals surface area contributed by atoms with Crippen LogP contribution in [0.2, 0.25) is 0 Å². The average Bonchev–Trinajstić information content (AvgIpc) is 2.35. The van der Waals surface area contributed by atoms with Crippen LogP contribution < -0.4 is 38.0 Å². The Morgan fingerprint density at radius 2 is 0.727 bits per heavy atom. The summed E-state index contributed by atoms with van der Waals surface area (Å²) in [7, 11) is 0. The van der Waals surface area contributed by atoms with Crippen LogP contribution in [0, 0.1) is 0 Å². The van der Waals surface area contributed by atoms with E-state index in [1.165, 1.54) is 0 Å². The molecule has 0 aliphatic carbocycles. The molecule has 0 spiro atoms. The number of hydrogen-bond donors (Lipinski definition) is 3. The summed E-state index contributed by atoms with van der Waals surface area (Å²) >= 11 is 0. The van der Waals surface area contributed by atoms with Crippen molar-refractivity contribution >= 4 is 23.9 Å². The molecule has 0 unspecified atom stereocenters. The van der Waals surface area contributed by atoms with Gasteiger partial charge in [-0.2, -0.15) is 0 Å².